The number of aryl methyl sites for hydroxylation is 1. The quantitative estimate of drug-likeness (QED) is 0.769. The molecule has 0 unspecified atom stereocenters. The Balaban J connectivity index is 1.85. The molecule has 0 radical (unpaired) electrons. The van der Waals surface area contributed by atoms with E-state index in [1.807, 2.05) is 41.9 Å². The topological polar surface area (TPSA) is 71.3 Å². The van der Waals surface area contributed by atoms with E-state index in [0.717, 1.165) is 23.7 Å². The smallest absolute Gasteiger partial charge is 0.303 e. The number of carbonyl (C=O) groups excluding carboxylic acids is 1. The summed E-state index contributed by atoms with van der Waals surface area (Å²) in [6.07, 6.45) is 2.45. The van der Waals surface area contributed by atoms with Gasteiger partial charge in [0.15, 0.2) is 0 Å². The summed E-state index contributed by atoms with van der Waals surface area (Å²) in [5, 5.41) is 12.5. The van der Waals surface area contributed by atoms with Gasteiger partial charge in [-0.15, -0.1) is 0 Å². The molecule has 1 aromatic carbocycles. The lowest BCUT2D eigenvalue weighted by atomic mass is 10.2. The molecule has 0 spiro atoms. The van der Waals surface area contributed by atoms with Gasteiger partial charge in [-0.1, -0.05) is 24.6 Å². The van der Waals surface area contributed by atoms with Crippen LogP contribution in [0.4, 0.5) is 0 Å². The van der Waals surface area contributed by atoms with Crippen molar-refractivity contribution in [2.24, 2.45) is 7.05 Å². The number of carbonyl (C=O) groups is 2. The maximum atomic E-state index is 12.2. The van der Waals surface area contributed by atoms with E-state index < -0.39 is 5.97 Å². The Morgan fingerprint density at radius 2 is 1.95 bits per heavy atom. The Labute approximate surface area is 123 Å². The van der Waals surface area contributed by atoms with Crippen LogP contribution < -0.4 is 5.32 Å². The van der Waals surface area contributed by atoms with Gasteiger partial charge >= 0.3 is 5.97 Å². The number of hydrogen-bond acceptors (Lipinski definition) is 2. The Kier molecular flexibility index (Phi) is 4.98. The van der Waals surface area contributed by atoms with Gasteiger partial charge in [-0.25, -0.2) is 0 Å². The van der Waals surface area contributed by atoms with Gasteiger partial charge in [0, 0.05) is 30.9 Å². The highest BCUT2D eigenvalue weighted by atomic mass is 16.4. The Hall–Kier alpha value is -2.30. The second kappa shape index (κ2) is 6.92. The summed E-state index contributed by atoms with van der Waals surface area (Å²) >= 11 is 0. The van der Waals surface area contributed by atoms with Gasteiger partial charge in [0.1, 0.15) is 5.69 Å². The minimum absolute atomic E-state index is 0.0908. The van der Waals surface area contributed by atoms with Crippen molar-refractivity contribution in [3.8, 4) is 0 Å². The van der Waals surface area contributed by atoms with Crippen molar-refractivity contribution < 1.29 is 14.7 Å². The van der Waals surface area contributed by atoms with Crippen molar-refractivity contribution in [1.29, 1.82) is 0 Å². The summed E-state index contributed by atoms with van der Waals surface area (Å²) in [6, 6.07) is 9.75. The molecular formula is C16H20N2O3. The normalized spacial score (nSPS) is 10.7. The number of aliphatic carboxylic acids is 1. The number of carboxylic acids is 1. The van der Waals surface area contributed by atoms with Crippen LogP contribution in [0.1, 0.15) is 36.2 Å². The minimum atomic E-state index is -0.769. The molecule has 5 nitrogen and oxygen atoms in total. The number of hydrogen-bond donors (Lipinski definition) is 2. The van der Waals surface area contributed by atoms with Crippen LogP contribution in [-0.4, -0.2) is 28.1 Å². The Bertz CT molecular complexity index is 646. The van der Waals surface area contributed by atoms with Gasteiger partial charge in [0.25, 0.3) is 5.91 Å². The lowest BCUT2D eigenvalue weighted by Crippen LogP contribution is -2.26. The van der Waals surface area contributed by atoms with Crippen molar-refractivity contribution in [1.82, 2.24) is 9.88 Å². The van der Waals surface area contributed by atoms with E-state index in [2.05, 4.69) is 5.32 Å². The monoisotopic (exact) mass is 288 g/mol. The first kappa shape index (κ1) is 15.1. The molecule has 0 bridgehead atoms. The number of carboxylic acid groups (broad SMARTS) is 1. The molecule has 2 N–H and O–H groups in total. The summed E-state index contributed by atoms with van der Waals surface area (Å²) in [7, 11) is 1.88. The van der Waals surface area contributed by atoms with Gasteiger partial charge in [0.2, 0.25) is 0 Å². The first-order valence-corrected chi connectivity index (χ1v) is 7.14. The highest BCUT2D eigenvalue weighted by molar-refractivity contribution is 5.98. The zero-order valence-electron chi connectivity index (χ0n) is 12.1. The number of nitrogens with zero attached hydrogens (tertiary/aromatic N) is 1. The third-order valence-electron chi connectivity index (χ3n) is 3.54. The van der Waals surface area contributed by atoms with Crippen LogP contribution in [0.25, 0.3) is 10.9 Å². The maximum absolute atomic E-state index is 12.2. The Morgan fingerprint density at radius 1 is 1.19 bits per heavy atom. The second-order valence-corrected chi connectivity index (χ2v) is 5.11. The lowest BCUT2D eigenvalue weighted by Gasteiger charge is -2.06. The fourth-order valence-electron chi connectivity index (χ4n) is 2.38. The van der Waals surface area contributed by atoms with E-state index in [-0.39, 0.29) is 12.3 Å². The number of rotatable bonds is 7. The summed E-state index contributed by atoms with van der Waals surface area (Å²) < 4.78 is 1.88. The molecule has 5 heteroatoms. The van der Waals surface area contributed by atoms with E-state index in [1.54, 1.807) is 0 Å². The number of unbranched alkanes of at least 4 members (excludes halogenated alkanes) is 2. The molecule has 0 aliphatic heterocycles. The van der Waals surface area contributed by atoms with Crippen molar-refractivity contribution in [3.05, 3.63) is 36.0 Å². The van der Waals surface area contributed by atoms with Crippen molar-refractivity contribution in [3.63, 3.8) is 0 Å². The van der Waals surface area contributed by atoms with Gasteiger partial charge in [0.05, 0.1) is 0 Å². The summed E-state index contributed by atoms with van der Waals surface area (Å²) in [5.41, 5.74) is 1.67. The van der Waals surface area contributed by atoms with Crippen LogP contribution in [0, 0.1) is 0 Å². The molecule has 2 aromatic rings. The van der Waals surface area contributed by atoms with Crippen LogP contribution in [0.3, 0.4) is 0 Å². The van der Waals surface area contributed by atoms with Crippen molar-refractivity contribution in [2.75, 3.05) is 6.54 Å². The zero-order valence-corrected chi connectivity index (χ0v) is 12.1. The number of para-hydroxylation sites is 1. The lowest BCUT2D eigenvalue weighted by molar-refractivity contribution is -0.137. The average molecular weight is 288 g/mol. The third kappa shape index (κ3) is 3.84. The third-order valence-corrected chi connectivity index (χ3v) is 3.54. The highest BCUT2D eigenvalue weighted by Crippen LogP contribution is 2.18. The van der Waals surface area contributed by atoms with Crippen LogP contribution in [-0.2, 0) is 11.8 Å². The van der Waals surface area contributed by atoms with Gasteiger partial charge < -0.3 is 15.0 Å². The summed E-state index contributed by atoms with van der Waals surface area (Å²) in [5.74, 6) is -0.860. The van der Waals surface area contributed by atoms with Crippen LogP contribution >= 0.6 is 0 Å². The first-order valence-electron chi connectivity index (χ1n) is 7.14. The first-order chi connectivity index (χ1) is 10.1. The summed E-state index contributed by atoms with van der Waals surface area (Å²) in [6.45, 7) is 0.569. The average Bonchev–Trinajstić information content (AvgIpc) is 2.80. The minimum Gasteiger partial charge on any atom is -0.481 e. The van der Waals surface area contributed by atoms with E-state index in [0.29, 0.717) is 18.7 Å². The molecule has 1 heterocycles. The second-order valence-electron chi connectivity index (χ2n) is 5.11. The van der Waals surface area contributed by atoms with Crippen LogP contribution in [0.15, 0.2) is 30.3 Å². The van der Waals surface area contributed by atoms with Crippen LogP contribution in [0.5, 0.6) is 0 Å². The molecule has 0 saturated carbocycles. The molecule has 0 atom stereocenters. The van der Waals surface area contributed by atoms with Gasteiger partial charge in [-0.3, -0.25) is 9.59 Å². The SMILES string of the molecule is Cn1c(C(=O)NCCCCCC(=O)O)cc2ccccc21. The predicted octanol–water partition coefficient (Wildman–Crippen LogP) is 2.55. The number of nitrogens with one attached hydrogen (secondary N) is 1. The molecule has 0 aliphatic carbocycles. The largest absolute Gasteiger partial charge is 0.481 e. The predicted molar refractivity (Wildman–Crippen MR) is 81.4 cm³/mol. The van der Waals surface area contributed by atoms with Gasteiger partial charge in [-0.2, -0.15) is 0 Å². The number of benzene rings is 1. The van der Waals surface area contributed by atoms with E-state index in [4.69, 9.17) is 5.11 Å². The maximum Gasteiger partial charge on any atom is 0.303 e. The van der Waals surface area contributed by atoms with Crippen molar-refractivity contribution >= 4 is 22.8 Å². The molecule has 2 rings (SSSR count). The molecule has 0 fully saturated rings. The van der Waals surface area contributed by atoms with E-state index in [1.165, 1.54) is 0 Å². The number of aromatic nitrogens is 1. The molecule has 1 aromatic heterocycles. The summed E-state index contributed by atoms with van der Waals surface area (Å²) in [4.78, 5) is 22.5. The number of fused-ring (bicyclic) bond motifs is 1. The molecule has 112 valence electrons. The van der Waals surface area contributed by atoms with E-state index >= 15 is 0 Å². The highest BCUT2D eigenvalue weighted by Gasteiger charge is 2.12. The van der Waals surface area contributed by atoms with Crippen LogP contribution in [0.2, 0.25) is 0 Å². The molecule has 21 heavy (non-hydrogen) atoms. The molecule has 1 amide bonds. The van der Waals surface area contributed by atoms with Gasteiger partial charge in [-0.05, 0) is 25.0 Å². The fraction of sp³-hybridized carbons (Fsp3) is 0.375. The fourth-order valence-corrected chi connectivity index (χ4v) is 2.38. The molecule has 0 saturated heterocycles. The molecule has 0 aliphatic rings. The molecular weight excluding hydrogens is 268 g/mol. The Morgan fingerprint density at radius 3 is 2.67 bits per heavy atom. The standard InChI is InChI=1S/C16H20N2O3/c1-18-13-8-5-4-7-12(13)11-14(18)16(21)17-10-6-2-3-9-15(19)20/h4-5,7-8,11H,2-3,6,9-10H2,1H3,(H,17,21)(H,19,20). The number of amides is 1. The zero-order chi connectivity index (χ0) is 15.2. The van der Waals surface area contributed by atoms with E-state index in [9.17, 15) is 9.59 Å². The van der Waals surface area contributed by atoms with Crippen molar-refractivity contribution in [2.45, 2.75) is 25.7 Å².